The minimum Gasteiger partial charge on any atom is -0.379 e. The lowest BCUT2D eigenvalue weighted by Gasteiger charge is -2.21. The molecule has 20 heavy (non-hydrogen) atoms. The Bertz CT molecular complexity index is 262. The van der Waals surface area contributed by atoms with Crippen molar-refractivity contribution in [2.24, 2.45) is 0 Å². The number of rotatable bonds is 7. The van der Waals surface area contributed by atoms with Crippen LogP contribution in [0.1, 0.15) is 54.4 Å². The summed E-state index contributed by atoms with van der Waals surface area (Å²) in [5.74, 6) is 0.108. The molecule has 0 saturated heterocycles. The Morgan fingerprint density at radius 2 is 1.85 bits per heavy atom. The van der Waals surface area contributed by atoms with Crippen LogP contribution in [0.4, 0.5) is 0 Å². The number of nitrogens with one attached hydrogen (secondary N) is 1. The van der Waals surface area contributed by atoms with Crippen LogP contribution >= 0.6 is 0 Å². The summed E-state index contributed by atoms with van der Waals surface area (Å²) in [6, 6.07) is -0.0779. The third kappa shape index (κ3) is 13.3. The smallest absolute Gasteiger partial charge is 0.224 e. The van der Waals surface area contributed by atoms with Gasteiger partial charge < -0.3 is 15.0 Å². The van der Waals surface area contributed by atoms with E-state index in [4.69, 9.17) is 4.74 Å². The number of methoxy groups -OCH3 is 1. The maximum atomic E-state index is 11.6. The van der Waals surface area contributed by atoms with E-state index in [9.17, 15) is 9.59 Å². The summed E-state index contributed by atoms with van der Waals surface area (Å²) in [5.41, 5.74) is 0.0417. The molecule has 0 bridgehead atoms. The lowest BCUT2D eigenvalue weighted by molar-refractivity contribution is -0.131. The van der Waals surface area contributed by atoms with Crippen LogP contribution in [-0.4, -0.2) is 49.1 Å². The van der Waals surface area contributed by atoms with E-state index < -0.39 is 0 Å². The quantitative estimate of drug-likeness (QED) is 0.731. The molecule has 0 aromatic heterocycles. The van der Waals surface area contributed by atoms with Gasteiger partial charge in [-0.05, 0) is 41.0 Å². The van der Waals surface area contributed by atoms with E-state index >= 15 is 0 Å². The highest BCUT2D eigenvalue weighted by atomic mass is 16.5. The molecule has 5 nitrogen and oxygen atoms in total. The van der Waals surface area contributed by atoms with Crippen LogP contribution in [0.15, 0.2) is 0 Å². The van der Waals surface area contributed by atoms with Gasteiger partial charge in [-0.15, -0.1) is 0 Å². The van der Waals surface area contributed by atoms with Crippen molar-refractivity contribution >= 4 is 12.3 Å². The maximum Gasteiger partial charge on any atom is 0.224 e. The van der Waals surface area contributed by atoms with Gasteiger partial charge >= 0.3 is 0 Å². The van der Waals surface area contributed by atoms with Crippen molar-refractivity contribution in [1.29, 1.82) is 0 Å². The summed E-state index contributed by atoms with van der Waals surface area (Å²) < 4.78 is 4.94. The van der Waals surface area contributed by atoms with Crippen molar-refractivity contribution in [3.63, 3.8) is 0 Å². The zero-order chi connectivity index (χ0) is 16.2. The van der Waals surface area contributed by atoms with Gasteiger partial charge in [-0.2, -0.15) is 0 Å². The first kappa shape index (κ1) is 21.2. The van der Waals surface area contributed by atoms with Crippen LogP contribution in [0.5, 0.6) is 0 Å². The predicted octanol–water partition coefficient (Wildman–Crippen LogP) is 2.20. The molecule has 0 rings (SSSR count). The second-order valence-corrected chi connectivity index (χ2v) is 5.68. The summed E-state index contributed by atoms with van der Waals surface area (Å²) in [7, 11) is 1.71. The Morgan fingerprint density at radius 3 is 2.15 bits per heavy atom. The van der Waals surface area contributed by atoms with Crippen molar-refractivity contribution in [3.8, 4) is 0 Å². The van der Waals surface area contributed by atoms with E-state index in [0.29, 0.717) is 12.8 Å². The van der Waals surface area contributed by atoms with Gasteiger partial charge in [0, 0.05) is 32.7 Å². The molecule has 1 N–H and O–H groups in total. The average molecular weight is 288 g/mol. The Balaban J connectivity index is 0. The Morgan fingerprint density at radius 1 is 1.35 bits per heavy atom. The van der Waals surface area contributed by atoms with Gasteiger partial charge in [0.15, 0.2) is 0 Å². The fraction of sp³-hybridized carbons (Fsp3) is 0.867. The topological polar surface area (TPSA) is 58.6 Å². The minimum absolute atomic E-state index is 0.0417. The van der Waals surface area contributed by atoms with Crippen LogP contribution in [0.3, 0.4) is 0 Å². The second kappa shape index (κ2) is 11.7. The monoisotopic (exact) mass is 288 g/mol. The molecule has 0 fully saturated rings. The fourth-order valence-corrected chi connectivity index (χ4v) is 1.30. The summed E-state index contributed by atoms with van der Waals surface area (Å²) in [6.45, 7) is 13.4. The highest BCUT2D eigenvalue weighted by Crippen LogP contribution is 2.02. The number of hydrogen-bond acceptors (Lipinski definition) is 3. The van der Waals surface area contributed by atoms with E-state index in [1.807, 2.05) is 46.4 Å². The summed E-state index contributed by atoms with van der Waals surface area (Å²) >= 11 is 0. The molecule has 0 saturated carbocycles. The van der Waals surface area contributed by atoms with Gasteiger partial charge in [-0.1, -0.05) is 6.92 Å². The maximum absolute atomic E-state index is 11.6. The van der Waals surface area contributed by atoms with Crippen molar-refractivity contribution in [2.45, 2.75) is 66.0 Å². The third-order valence-corrected chi connectivity index (χ3v) is 2.67. The molecule has 1 unspecified atom stereocenters. The third-order valence-electron chi connectivity index (χ3n) is 2.67. The SMILES string of the molecule is CCCN(CC)C(=O)CC(C)NC=O.COC(C)(C)C. The number of amides is 2. The van der Waals surface area contributed by atoms with Crippen molar-refractivity contribution in [1.82, 2.24) is 10.2 Å². The molecule has 0 aliphatic carbocycles. The Hall–Kier alpha value is -1.10. The van der Waals surface area contributed by atoms with Gasteiger partial charge in [0.05, 0.1) is 5.60 Å². The number of hydrogen-bond donors (Lipinski definition) is 1. The first-order chi connectivity index (χ1) is 9.21. The number of carbonyl (C=O) groups is 2. The van der Waals surface area contributed by atoms with E-state index in [1.165, 1.54) is 0 Å². The molecule has 2 amide bonds. The standard InChI is InChI=1S/C10H20N2O2.C5H12O/c1-4-6-12(5-2)10(14)7-9(3)11-8-13;1-5(2,3)6-4/h8-9H,4-7H2,1-3H3,(H,11,13);1-4H3. The van der Waals surface area contributed by atoms with Crippen LogP contribution < -0.4 is 5.32 Å². The first-order valence-electron chi connectivity index (χ1n) is 7.24. The van der Waals surface area contributed by atoms with E-state index in [0.717, 1.165) is 19.5 Å². The van der Waals surface area contributed by atoms with Crippen LogP contribution in [0.25, 0.3) is 0 Å². The van der Waals surface area contributed by atoms with Crippen molar-refractivity contribution in [2.75, 3.05) is 20.2 Å². The highest BCUT2D eigenvalue weighted by Gasteiger charge is 2.13. The van der Waals surface area contributed by atoms with E-state index in [2.05, 4.69) is 5.32 Å². The summed E-state index contributed by atoms with van der Waals surface area (Å²) in [6.07, 6.45) is 1.98. The van der Waals surface area contributed by atoms with Crippen molar-refractivity contribution in [3.05, 3.63) is 0 Å². The highest BCUT2D eigenvalue weighted by molar-refractivity contribution is 5.77. The minimum atomic E-state index is -0.0779. The molecule has 5 heteroatoms. The molecular formula is C15H32N2O3. The first-order valence-corrected chi connectivity index (χ1v) is 7.24. The fourth-order valence-electron chi connectivity index (χ4n) is 1.30. The van der Waals surface area contributed by atoms with Crippen LogP contribution in [0.2, 0.25) is 0 Å². The second-order valence-electron chi connectivity index (χ2n) is 5.68. The predicted molar refractivity (Wildman–Crippen MR) is 82.6 cm³/mol. The van der Waals surface area contributed by atoms with Crippen LogP contribution in [-0.2, 0) is 14.3 Å². The Kier molecular flexibility index (Phi) is 12.4. The average Bonchev–Trinajstić information content (AvgIpc) is 2.35. The van der Waals surface area contributed by atoms with Crippen LogP contribution in [0, 0.1) is 0 Å². The van der Waals surface area contributed by atoms with E-state index in [-0.39, 0.29) is 17.6 Å². The van der Waals surface area contributed by atoms with Gasteiger partial charge in [0.2, 0.25) is 12.3 Å². The molecule has 0 aliphatic rings. The van der Waals surface area contributed by atoms with Gasteiger partial charge in [0.1, 0.15) is 0 Å². The summed E-state index contributed by atoms with van der Waals surface area (Å²) in [5, 5.41) is 2.57. The lowest BCUT2D eigenvalue weighted by Crippen LogP contribution is -2.36. The van der Waals surface area contributed by atoms with Crippen molar-refractivity contribution < 1.29 is 14.3 Å². The molecule has 0 radical (unpaired) electrons. The molecule has 1 atom stereocenters. The van der Waals surface area contributed by atoms with E-state index in [1.54, 1.807) is 7.11 Å². The Labute approximate surface area is 124 Å². The van der Waals surface area contributed by atoms with Gasteiger partial charge in [0.25, 0.3) is 0 Å². The molecule has 0 aromatic rings. The number of nitrogens with zero attached hydrogens (tertiary/aromatic N) is 1. The molecule has 0 aliphatic heterocycles. The number of carbonyl (C=O) groups excluding carboxylic acids is 2. The number of ether oxygens (including phenoxy) is 1. The molecule has 0 aromatic carbocycles. The zero-order valence-corrected chi connectivity index (χ0v) is 14.2. The summed E-state index contributed by atoms with van der Waals surface area (Å²) in [4.78, 5) is 23.6. The van der Waals surface area contributed by atoms with Gasteiger partial charge in [-0.25, -0.2) is 0 Å². The largest absolute Gasteiger partial charge is 0.379 e. The van der Waals surface area contributed by atoms with Gasteiger partial charge in [-0.3, -0.25) is 9.59 Å². The normalized spacial score (nSPS) is 11.9. The molecule has 120 valence electrons. The molecule has 0 heterocycles. The zero-order valence-electron chi connectivity index (χ0n) is 14.2. The lowest BCUT2D eigenvalue weighted by atomic mass is 10.2. The molecule has 0 spiro atoms. The molecular weight excluding hydrogens is 256 g/mol.